The topological polar surface area (TPSA) is 107 Å². The Hall–Kier alpha value is -4.58. The van der Waals surface area contributed by atoms with Crippen molar-refractivity contribution in [3.63, 3.8) is 0 Å². The highest BCUT2D eigenvalue weighted by atomic mass is 127. The summed E-state index contributed by atoms with van der Waals surface area (Å²) in [5.41, 5.74) is 7.54. The van der Waals surface area contributed by atoms with Crippen LogP contribution in [0.3, 0.4) is 0 Å². The molecule has 2 amide bonds. The van der Waals surface area contributed by atoms with Gasteiger partial charge in [0.1, 0.15) is 6.61 Å². The molecule has 2 N–H and O–H groups in total. The van der Waals surface area contributed by atoms with Crippen LogP contribution in [0.2, 0.25) is 0 Å². The lowest BCUT2D eigenvalue weighted by molar-refractivity contribution is -0.118. The summed E-state index contributed by atoms with van der Waals surface area (Å²) in [5, 5.41) is 6.96. The Morgan fingerprint density at radius 3 is 2.39 bits per heavy atom. The quantitative estimate of drug-likeness (QED) is 0.0913. The summed E-state index contributed by atoms with van der Waals surface area (Å²) < 4.78 is 23.7. The van der Waals surface area contributed by atoms with E-state index in [2.05, 4.69) is 38.4 Å². The number of carbonyl (C=O) groups excluding carboxylic acids is 2. The number of amides is 2. The normalized spacial score (nSPS) is 10.8. The smallest absolute Gasteiger partial charge is 0.271 e. The van der Waals surface area contributed by atoms with Gasteiger partial charge in [0.2, 0.25) is 0 Å². The summed E-state index contributed by atoms with van der Waals surface area (Å²) in [5.74, 6) is 1.18. The van der Waals surface area contributed by atoms with Crippen LogP contribution in [0.1, 0.15) is 39.5 Å². The maximum atomic E-state index is 12.8. The van der Waals surface area contributed by atoms with Gasteiger partial charge in [-0.25, -0.2) is 5.43 Å². The minimum absolute atomic E-state index is 0.192. The van der Waals surface area contributed by atoms with Crippen LogP contribution in [0.25, 0.3) is 0 Å². The van der Waals surface area contributed by atoms with Crippen LogP contribution in [0.4, 0.5) is 5.69 Å². The van der Waals surface area contributed by atoms with Gasteiger partial charge in [0.25, 0.3) is 11.8 Å². The van der Waals surface area contributed by atoms with E-state index in [1.54, 1.807) is 30.3 Å². The number of halogens is 1. The summed E-state index contributed by atoms with van der Waals surface area (Å²) in [6.45, 7) is 6.48. The number of nitrogens with zero attached hydrogens (tertiary/aromatic N) is 1. The van der Waals surface area contributed by atoms with Crippen molar-refractivity contribution in [1.82, 2.24) is 5.43 Å². The van der Waals surface area contributed by atoms with Crippen molar-refractivity contribution in [2.75, 3.05) is 25.6 Å². The number of hydrogen-bond donors (Lipinski definition) is 2. The zero-order valence-corrected chi connectivity index (χ0v) is 27.1. The Kier molecular flexibility index (Phi) is 11.6. The Bertz CT molecular complexity index is 1640. The molecule has 0 saturated carbocycles. The maximum absolute atomic E-state index is 12.8. The van der Waals surface area contributed by atoms with Gasteiger partial charge in [-0.15, -0.1) is 0 Å². The van der Waals surface area contributed by atoms with E-state index in [-0.39, 0.29) is 12.5 Å². The first kappa shape index (κ1) is 32.3. The molecule has 0 radical (unpaired) electrons. The summed E-state index contributed by atoms with van der Waals surface area (Å²) in [6, 6.07) is 24.0. The molecule has 4 aromatic rings. The lowest BCUT2D eigenvalue weighted by Gasteiger charge is -2.14. The largest absolute Gasteiger partial charge is 0.493 e. The number of methoxy groups -OCH3 is 1. The van der Waals surface area contributed by atoms with E-state index in [9.17, 15) is 9.59 Å². The van der Waals surface area contributed by atoms with Gasteiger partial charge >= 0.3 is 0 Å². The molecule has 4 aromatic carbocycles. The second kappa shape index (κ2) is 15.8. The molecule has 0 heterocycles. The summed E-state index contributed by atoms with van der Waals surface area (Å²) >= 11 is 2.10. The van der Waals surface area contributed by atoms with Gasteiger partial charge in [0.15, 0.2) is 29.6 Å². The third kappa shape index (κ3) is 8.96. The van der Waals surface area contributed by atoms with Crippen molar-refractivity contribution < 1.29 is 28.5 Å². The van der Waals surface area contributed by atoms with Crippen molar-refractivity contribution >= 4 is 46.3 Å². The molecule has 0 bridgehead atoms. The van der Waals surface area contributed by atoms with Gasteiger partial charge in [-0.3, -0.25) is 9.59 Å². The van der Waals surface area contributed by atoms with E-state index in [0.717, 1.165) is 16.7 Å². The van der Waals surface area contributed by atoms with Crippen LogP contribution in [0, 0.1) is 17.4 Å². The number of aryl methyl sites for hydroxylation is 2. The van der Waals surface area contributed by atoms with E-state index < -0.39 is 5.91 Å². The number of benzene rings is 4. The number of anilines is 1. The molecule has 228 valence electrons. The van der Waals surface area contributed by atoms with E-state index in [1.807, 2.05) is 69.3 Å². The SMILES string of the molecule is CCOc1cc(C(=O)N/N=C/c2cc(I)c(OCC(=O)Nc3ccc(C)c(C)c3)c(OC)c2)ccc1OCc1ccccc1. The van der Waals surface area contributed by atoms with Gasteiger partial charge < -0.3 is 24.3 Å². The van der Waals surface area contributed by atoms with Crippen molar-refractivity contribution in [2.45, 2.75) is 27.4 Å². The van der Waals surface area contributed by atoms with Crippen molar-refractivity contribution in [2.24, 2.45) is 5.10 Å². The van der Waals surface area contributed by atoms with Gasteiger partial charge in [0.05, 0.1) is 23.5 Å². The van der Waals surface area contributed by atoms with E-state index in [1.165, 1.54) is 13.3 Å². The minimum Gasteiger partial charge on any atom is -0.493 e. The second-order valence-electron chi connectivity index (χ2n) is 9.74. The highest BCUT2D eigenvalue weighted by molar-refractivity contribution is 14.1. The third-order valence-corrected chi connectivity index (χ3v) is 7.31. The molecular weight excluding hydrogens is 673 g/mol. The van der Waals surface area contributed by atoms with Crippen molar-refractivity contribution in [3.05, 3.63) is 110 Å². The minimum atomic E-state index is -0.409. The van der Waals surface area contributed by atoms with Gasteiger partial charge in [-0.1, -0.05) is 36.4 Å². The zero-order chi connectivity index (χ0) is 31.5. The molecule has 0 unspecified atom stereocenters. The third-order valence-electron chi connectivity index (χ3n) is 6.51. The molecule has 0 fully saturated rings. The summed E-state index contributed by atoms with van der Waals surface area (Å²) in [7, 11) is 1.51. The monoisotopic (exact) mass is 707 g/mol. The molecule has 0 saturated heterocycles. The second-order valence-corrected chi connectivity index (χ2v) is 10.9. The average molecular weight is 708 g/mol. The van der Waals surface area contributed by atoms with Gasteiger partial charge in [-0.05, 0) is 108 Å². The standard InChI is InChI=1S/C34H34IN3O6/c1-5-42-30-18-26(12-14-29(30)43-20-24-9-7-6-8-10-24)34(40)38-36-19-25-16-28(35)33(31(17-25)41-4)44-21-32(39)37-27-13-11-22(2)23(3)15-27/h6-19H,5,20-21H2,1-4H3,(H,37,39)(H,38,40)/b36-19+. The highest BCUT2D eigenvalue weighted by Gasteiger charge is 2.15. The molecule has 4 rings (SSSR count). The molecule has 0 atom stereocenters. The number of hydrazone groups is 1. The Morgan fingerprint density at radius 1 is 0.864 bits per heavy atom. The fourth-order valence-corrected chi connectivity index (χ4v) is 4.89. The van der Waals surface area contributed by atoms with Crippen molar-refractivity contribution in [3.8, 4) is 23.0 Å². The van der Waals surface area contributed by atoms with Crippen LogP contribution in [-0.2, 0) is 11.4 Å². The summed E-state index contributed by atoms with van der Waals surface area (Å²) in [6.07, 6.45) is 1.50. The van der Waals surface area contributed by atoms with Crippen molar-refractivity contribution in [1.29, 1.82) is 0 Å². The van der Waals surface area contributed by atoms with Crippen LogP contribution < -0.4 is 29.7 Å². The average Bonchev–Trinajstić information content (AvgIpc) is 3.02. The Labute approximate surface area is 270 Å². The highest BCUT2D eigenvalue weighted by Crippen LogP contribution is 2.34. The molecule has 10 heteroatoms. The van der Waals surface area contributed by atoms with Crippen LogP contribution >= 0.6 is 22.6 Å². The van der Waals surface area contributed by atoms with E-state index in [4.69, 9.17) is 18.9 Å². The molecule has 0 aliphatic rings. The number of carbonyl (C=O) groups is 2. The molecule has 0 aliphatic carbocycles. The molecule has 0 aromatic heterocycles. The first-order valence-corrected chi connectivity index (χ1v) is 15.0. The zero-order valence-electron chi connectivity index (χ0n) is 25.0. The molecule has 9 nitrogen and oxygen atoms in total. The predicted octanol–water partition coefficient (Wildman–Crippen LogP) is 6.68. The lowest BCUT2D eigenvalue weighted by Crippen LogP contribution is -2.20. The first-order valence-electron chi connectivity index (χ1n) is 13.9. The first-order chi connectivity index (χ1) is 21.3. The fourth-order valence-electron chi connectivity index (χ4n) is 4.11. The fraction of sp³-hybridized carbons (Fsp3) is 0.206. The number of rotatable bonds is 13. The predicted molar refractivity (Wildman–Crippen MR) is 179 cm³/mol. The van der Waals surface area contributed by atoms with Gasteiger partial charge in [0, 0.05) is 11.3 Å². The Balaban J connectivity index is 1.36. The number of hydrogen-bond acceptors (Lipinski definition) is 7. The molecule has 0 aliphatic heterocycles. The molecule has 0 spiro atoms. The number of nitrogens with one attached hydrogen (secondary N) is 2. The molecular formula is C34H34IN3O6. The van der Waals surface area contributed by atoms with E-state index in [0.29, 0.717) is 56.6 Å². The van der Waals surface area contributed by atoms with Crippen LogP contribution in [0.5, 0.6) is 23.0 Å². The van der Waals surface area contributed by atoms with Gasteiger partial charge in [-0.2, -0.15) is 5.10 Å². The van der Waals surface area contributed by atoms with Crippen LogP contribution in [-0.4, -0.2) is 38.4 Å². The molecule has 44 heavy (non-hydrogen) atoms. The Morgan fingerprint density at radius 2 is 1.66 bits per heavy atom. The van der Waals surface area contributed by atoms with E-state index >= 15 is 0 Å². The summed E-state index contributed by atoms with van der Waals surface area (Å²) in [4.78, 5) is 25.3. The van der Waals surface area contributed by atoms with Crippen LogP contribution in [0.15, 0.2) is 84.0 Å². The number of ether oxygens (including phenoxy) is 4. The maximum Gasteiger partial charge on any atom is 0.271 e. The lowest BCUT2D eigenvalue weighted by atomic mass is 10.1.